The number of aryl methyl sites for hydroxylation is 1. The zero-order valence-electron chi connectivity index (χ0n) is 11.2. The van der Waals surface area contributed by atoms with E-state index in [2.05, 4.69) is 14.9 Å². The van der Waals surface area contributed by atoms with Crippen LogP contribution in [0.5, 0.6) is 0 Å². The van der Waals surface area contributed by atoms with Gasteiger partial charge in [0.2, 0.25) is 0 Å². The molecule has 0 aliphatic heterocycles. The van der Waals surface area contributed by atoms with Crippen LogP contribution in [0.1, 0.15) is 37.6 Å². The van der Waals surface area contributed by atoms with Crippen molar-refractivity contribution in [3.63, 3.8) is 0 Å². The molecule has 1 fully saturated rings. The van der Waals surface area contributed by atoms with Crippen LogP contribution in [0.4, 0.5) is 11.6 Å². The molecule has 1 saturated carbocycles. The van der Waals surface area contributed by atoms with Crippen molar-refractivity contribution in [1.29, 1.82) is 0 Å². The van der Waals surface area contributed by atoms with E-state index in [1.807, 2.05) is 13.8 Å². The Kier molecular flexibility index (Phi) is 4.01. The van der Waals surface area contributed by atoms with Crippen molar-refractivity contribution in [2.24, 2.45) is 0 Å². The van der Waals surface area contributed by atoms with E-state index in [0.717, 1.165) is 23.6 Å². The topological polar surface area (TPSA) is 75.3 Å². The molecule has 0 atom stereocenters. The molecule has 2 rings (SSSR count). The smallest absolute Gasteiger partial charge is 0.137 e. The van der Waals surface area contributed by atoms with Gasteiger partial charge in [0.1, 0.15) is 17.5 Å². The number of nitrogens with two attached hydrogens (primary N) is 1. The van der Waals surface area contributed by atoms with E-state index in [1.165, 1.54) is 19.3 Å². The molecule has 1 aromatic rings. The number of anilines is 2. The highest BCUT2D eigenvalue weighted by Gasteiger charge is 2.27. The van der Waals surface area contributed by atoms with Crippen molar-refractivity contribution in [2.45, 2.75) is 45.6 Å². The Bertz CT molecular complexity index is 418. The van der Waals surface area contributed by atoms with Crippen LogP contribution in [-0.2, 0) is 6.42 Å². The van der Waals surface area contributed by atoms with Gasteiger partial charge in [0.05, 0.1) is 6.61 Å². The molecule has 100 valence electrons. The van der Waals surface area contributed by atoms with Gasteiger partial charge in [-0.05, 0) is 26.2 Å². The molecule has 18 heavy (non-hydrogen) atoms. The minimum absolute atomic E-state index is 0.140. The van der Waals surface area contributed by atoms with Crippen LogP contribution in [0.15, 0.2) is 0 Å². The Morgan fingerprint density at radius 1 is 1.39 bits per heavy atom. The Morgan fingerprint density at radius 3 is 2.61 bits per heavy atom. The second kappa shape index (κ2) is 5.52. The summed E-state index contributed by atoms with van der Waals surface area (Å²) in [5, 5.41) is 9.24. The largest absolute Gasteiger partial charge is 0.395 e. The van der Waals surface area contributed by atoms with Crippen LogP contribution < -0.4 is 10.6 Å². The third-order valence-electron chi connectivity index (χ3n) is 3.65. The molecular formula is C13H22N4O. The molecule has 5 heteroatoms. The number of nitrogen functional groups attached to an aromatic ring is 1. The van der Waals surface area contributed by atoms with Gasteiger partial charge in [0.15, 0.2) is 0 Å². The number of hydrogen-bond donors (Lipinski definition) is 2. The molecule has 0 aromatic carbocycles. The number of nitrogens with zero attached hydrogens (tertiary/aromatic N) is 3. The van der Waals surface area contributed by atoms with Crippen molar-refractivity contribution < 1.29 is 5.11 Å². The quantitative estimate of drug-likeness (QED) is 0.823. The molecule has 1 aliphatic rings. The second-order valence-electron chi connectivity index (χ2n) is 4.83. The third kappa shape index (κ3) is 2.41. The minimum atomic E-state index is 0.140. The molecule has 1 heterocycles. The zero-order chi connectivity index (χ0) is 13.1. The lowest BCUT2D eigenvalue weighted by atomic mass is 9.91. The molecule has 0 unspecified atom stereocenters. The van der Waals surface area contributed by atoms with Crippen LogP contribution in [0.25, 0.3) is 0 Å². The third-order valence-corrected chi connectivity index (χ3v) is 3.65. The van der Waals surface area contributed by atoms with Crippen LogP contribution >= 0.6 is 0 Å². The first kappa shape index (κ1) is 13.1. The highest BCUT2D eigenvalue weighted by atomic mass is 16.3. The monoisotopic (exact) mass is 250 g/mol. The number of hydrogen-bond acceptors (Lipinski definition) is 5. The lowest BCUT2D eigenvalue weighted by molar-refractivity contribution is 0.282. The predicted molar refractivity (Wildman–Crippen MR) is 72.6 cm³/mol. The van der Waals surface area contributed by atoms with E-state index < -0.39 is 0 Å². The van der Waals surface area contributed by atoms with Crippen molar-refractivity contribution in [3.8, 4) is 0 Å². The summed E-state index contributed by atoms with van der Waals surface area (Å²) in [6, 6.07) is 0.495. The molecule has 5 nitrogen and oxygen atoms in total. The lowest BCUT2D eigenvalue weighted by Crippen LogP contribution is -2.43. The molecule has 0 spiro atoms. The summed E-state index contributed by atoms with van der Waals surface area (Å²) in [6.07, 6.45) is 4.37. The highest BCUT2D eigenvalue weighted by molar-refractivity contribution is 5.57. The molecular weight excluding hydrogens is 228 g/mol. The number of rotatable bonds is 5. The summed E-state index contributed by atoms with van der Waals surface area (Å²) < 4.78 is 0. The molecule has 0 bridgehead atoms. The summed E-state index contributed by atoms with van der Waals surface area (Å²) >= 11 is 0. The van der Waals surface area contributed by atoms with Gasteiger partial charge in [0.25, 0.3) is 0 Å². The van der Waals surface area contributed by atoms with Gasteiger partial charge in [-0.2, -0.15) is 0 Å². The SMILES string of the molecule is CCc1nc(N)c(C)c(N(CCO)C2CCC2)n1. The first-order valence-corrected chi connectivity index (χ1v) is 6.67. The maximum Gasteiger partial charge on any atom is 0.137 e. The summed E-state index contributed by atoms with van der Waals surface area (Å²) in [5.74, 6) is 2.23. The van der Waals surface area contributed by atoms with E-state index in [0.29, 0.717) is 18.4 Å². The fourth-order valence-electron chi connectivity index (χ4n) is 2.27. The van der Waals surface area contributed by atoms with Gasteiger partial charge in [-0.25, -0.2) is 9.97 Å². The van der Waals surface area contributed by atoms with E-state index in [4.69, 9.17) is 5.73 Å². The van der Waals surface area contributed by atoms with Gasteiger partial charge in [-0.1, -0.05) is 6.92 Å². The normalized spacial score (nSPS) is 15.5. The van der Waals surface area contributed by atoms with Crippen LogP contribution in [0.2, 0.25) is 0 Å². The Hall–Kier alpha value is -1.36. The highest BCUT2D eigenvalue weighted by Crippen LogP contribution is 2.31. The van der Waals surface area contributed by atoms with Crippen LogP contribution in [-0.4, -0.2) is 34.3 Å². The number of aromatic nitrogens is 2. The zero-order valence-corrected chi connectivity index (χ0v) is 11.2. The fourth-order valence-corrected chi connectivity index (χ4v) is 2.27. The summed E-state index contributed by atoms with van der Waals surface area (Å²) in [7, 11) is 0. The minimum Gasteiger partial charge on any atom is -0.395 e. The standard InChI is InChI=1S/C13H22N4O/c1-3-11-15-12(14)9(2)13(16-11)17(7-8-18)10-5-4-6-10/h10,18H,3-8H2,1-2H3,(H2,14,15,16). The maximum absolute atomic E-state index is 9.24. The predicted octanol–water partition coefficient (Wildman–Crippen LogP) is 1.28. The van der Waals surface area contributed by atoms with Gasteiger partial charge >= 0.3 is 0 Å². The Morgan fingerprint density at radius 2 is 2.11 bits per heavy atom. The first-order valence-electron chi connectivity index (χ1n) is 6.67. The fraction of sp³-hybridized carbons (Fsp3) is 0.692. The lowest BCUT2D eigenvalue weighted by Gasteiger charge is -2.39. The van der Waals surface area contributed by atoms with E-state index in [9.17, 15) is 5.11 Å². The van der Waals surface area contributed by atoms with Gasteiger partial charge in [0, 0.05) is 24.6 Å². The van der Waals surface area contributed by atoms with E-state index in [-0.39, 0.29) is 6.61 Å². The molecule has 1 aliphatic carbocycles. The summed E-state index contributed by atoms with van der Waals surface area (Å²) in [6.45, 7) is 4.73. The van der Waals surface area contributed by atoms with E-state index >= 15 is 0 Å². The number of aliphatic hydroxyl groups is 1. The van der Waals surface area contributed by atoms with Crippen LogP contribution in [0, 0.1) is 6.92 Å². The van der Waals surface area contributed by atoms with Crippen molar-refractivity contribution in [2.75, 3.05) is 23.8 Å². The van der Waals surface area contributed by atoms with Gasteiger partial charge < -0.3 is 15.7 Å². The van der Waals surface area contributed by atoms with E-state index in [1.54, 1.807) is 0 Å². The average Bonchev–Trinajstić information content (AvgIpc) is 2.30. The molecule has 0 amide bonds. The molecule has 3 N–H and O–H groups in total. The number of aliphatic hydroxyl groups excluding tert-OH is 1. The van der Waals surface area contributed by atoms with Crippen LogP contribution in [0.3, 0.4) is 0 Å². The average molecular weight is 250 g/mol. The summed E-state index contributed by atoms with van der Waals surface area (Å²) in [5.41, 5.74) is 6.87. The van der Waals surface area contributed by atoms with Crippen molar-refractivity contribution in [3.05, 3.63) is 11.4 Å². The second-order valence-corrected chi connectivity index (χ2v) is 4.83. The van der Waals surface area contributed by atoms with Crippen molar-refractivity contribution >= 4 is 11.6 Å². The molecule has 1 aromatic heterocycles. The summed E-state index contributed by atoms with van der Waals surface area (Å²) in [4.78, 5) is 11.1. The van der Waals surface area contributed by atoms with Crippen molar-refractivity contribution in [1.82, 2.24) is 9.97 Å². The maximum atomic E-state index is 9.24. The molecule has 0 radical (unpaired) electrons. The molecule has 0 saturated heterocycles. The van der Waals surface area contributed by atoms with Gasteiger partial charge in [-0.15, -0.1) is 0 Å². The Balaban J connectivity index is 2.35. The van der Waals surface area contributed by atoms with Gasteiger partial charge in [-0.3, -0.25) is 0 Å². The Labute approximate surface area is 108 Å². The first-order chi connectivity index (χ1) is 8.67.